The van der Waals surface area contributed by atoms with Crippen LogP contribution in [0.4, 0.5) is 0 Å². The van der Waals surface area contributed by atoms with Crippen LogP contribution >= 0.6 is 23.1 Å². The second kappa shape index (κ2) is 4.75. The Morgan fingerprint density at radius 3 is 3.38 bits per heavy atom. The molecule has 3 rings (SSSR count). The fourth-order valence-corrected chi connectivity index (χ4v) is 4.08. The molecule has 0 radical (unpaired) electrons. The monoisotopic (exact) mass is 253 g/mol. The Hall–Kier alpha value is -0.550. The van der Waals surface area contributed by atoms with E-state index in [0.717, 1.165) is 23.3 Å². The molecule has 0 amide bonds. The third-order valence-corrected chi connectivity index (χ3v) is 5.02. The van der Waals surface area contributed by atoms with Crippen molar-refractivity contribution in [1.29, 1.82) is 0 Å². The molecule has 3 nitrogen and oxygen atoms in total. The quantitative estimate of drug-likeness (QED) is 0.880. The van der Waals surface area contributed by atoms with Crippen LogP contribution in [-0.4, -0.2) is 21.9 Å². The molecule has 2 unspecified atom stereocenters. The summed E-state index contributed by atoms with van der Waals surface area (Å²) in [6.45, 7) is 0.718. The first-order chi connectivity index (χ1) is 7.92. The lowest BCUT2D eigenvalue weighted by Crippen LogP contribution is -2.41. The minimum atomic E-state index is 0.690. The molecule has 1 aliphatic carbocycles. The van der Waals surface area contributed by atoms with E-state index in [1.165, 1.54) is 25.0 Å². The molecule has 1 N–H and O–H groups in total. The molecule has 1 aromatic rings. The zero-order chi connectivity index (χ0) is 10.8. The van der Waals surface area contributed by atoms with Crippen LogP contribution in [0.15, 0.2) is 15.9 Å². The number of nitrogens with one attached hydrogen (secondary N) is 1. The minimum absolute atomic E-state index is 0.690. The summed E-state index contributed by atoms with van der Waals surface area (Å²) < 4.78 is 0. The Bertz CT molecular complexity index is 375. The Morgan fingerprint density at radius 2 is 2.50 bits per heavy atom. The number of aromatic nitrogens is 1. The zero-order valence-corrected chi connectivity index (χ0v) is 10.7. The molecule has 2 atom stereocenters. The first-order valence-electron chi connectivity index (χ1n) is 5.72. The van der Waals surface area contributed by atoms with E-state index in [4.69, 9.17) is 0 Å². The Kier molecular flexibility index (Phi) is 3.15. The van der Waals surface area contributed by atoms with Gasteiger partial charge in [-0.25, -0.2) is 4.98 Å². The van der Waals surface area contributed by atoms with E-state index in [0.29, 0.717) is 6.04 Å². The van der Waals surface area contributed by atoms with Crippen LogP contribution in [0.25, 0.3) is 0 Å². The van der Waals surface area contributed by atoms with Gasteiger partial charge >= 0.3 is 0 Å². The molecule has 1 aliphatic heterocycles. The van der Waals surface area contributed by atoms with Crippen molar-refractivity contribution in [3.63, 3.8) is 0 Å². The van der Waals surface area contributed by atoms with Crippen LogP contribution < -0.4 is 5.32 Å². The third-order valence-electron chi connectivity index (χ3n) is 3.27. The molecule has 5 heteroatoms. The fourth-order valence-electron chi connectivity index (χ4n) is 2.37. The number of rotatable bonds is 2. The van der Waals surface area contributed by atoms with E-state index in [2.05, 4.69) is 20.7 Å². The van der Waals surface area contributed by atoms with Gasteiger partial charge in [0, 0.05) is 17.2 Å². The van der Waals surface area contributed by atoms with E-state index in [9.17, 15) is 0 Å². The number of hydrogen-bond donors (Lipinski definition) is 1. The molecule has 1 saturated heterocycles. The molecule has 1 aromatic heterocycles. The number of thioether (sulfide) groups is 1. The topological polar surface area (TPSA) is 37.3 Å². The van der Waals surface area contributed by atoms with Crippen molar-refractivity contribution in [2.45, 2.75) is 31.8 Å². The standard InChI is InChI=1S/C11H15N3S2/c1-2-8-5-16-11(14-10(8)3-1)12-4-9-6-15-7-13-9/h6-8,10H,1-5H2,(H,12,14). The van der Waals surface area contributed by atoms with E-state index >= 15 is 0 Å². The zero-order valence-electron chi connectivity index (χ0n) is 9.06. The highest BCUT2D eigenvalue weighted by molar-refractivity contribution is 8.13. The second-order valence-corrected chi connectivity index (χ2v) is 6.08. The summed E-state index contributed by atoms with van der Waals surface area (Å²) >= 11 is 3.51. The highest BCUT2D eigenvalue weighted by Crippen LogP contribution is 2.32. The number of fused-ring (bicyclic) bond motifs is 1. The van der Waals surface area contributed by atoms with Crippen LogP contribution in [0.2, 0.25) is 0 Å². The van der Waals surface area contributed by atoms with Gasteiger partial charge < -0.3 is 5.32 Å². The number of amidine groups is 1. The van der Waals surface area contributed by atoms with Gasteiger partial charge in [0.25, 0.3) is 0 Å². The number of nitrogens with zero attached hydrogens (tertiary/aromatic N) is 2. The molecule has 2 heterocycles. The van der Waals surface area contributed by atoms with Crippen molar-refractivity contribution in [3.05, 3.63) is 16.6 Å². The molecule has 2 fully saturated rings. The highest BCUT2D eigenvalue weighted by Gasteiger charge is 2.31. The molecule has 0 bridgehead atoms. The molecule has 0 aromatic carbocycles. The summed E-state index contributed by atoms with van der Waals surface area (Å²) in [5.41, 5.74) is 2.94. The van der Waals surface area contributed by atoms with E-state index in [-0.39, 0.29) is 0 Å². The smallest absolute Gasteiger partial charge is 0.157 e. The maximum absolute atomic E-state index is 4.60. The van der Waals surface area contributed by atoms with Gasteiger partial charge in [-0.2, -0.15) is 0 Å². The predicted molar refractivity (Wildman–Crippen MR) is 70.0 cm³/mol. The lowest BCUT2D eigenvalue weighted by molar-refractivity contribution is 0.489. The lowest BCUT2D eigenvalue weighted by Gasteiger charge is -2.27. The summed E-state index contributed by atoms with van der Waals surface area (Å²) in [5.74, 6) is 2.12. The van der Waals surface area contributed by atoms with Crippen LogP contribution in [0.1, 0.15) is 25.0 Å². The van der Waals surface area contributed by atoms with E-state index < -0.39 is 0 Å². The van der Waals surface area contributed by atoms with Gasteiger partial charge in [0.15, 0.2) is 5.17 Å². The van der Waals surface area contributed by atoms with Gasteiger partial charge in [-0.15, -0.1) is 11.3 Å². The van der Waals surface area contributed by atoms with Crippen LogP contribution in [0.5, 0.6) is 0 Å². The lowest BCUT2D eigenvalue weighted by atomic mass is 10.1. The van der Waals surface area contributed by atoms with Gasteiger partial charge in [0.2, 0.25) is 0 Å². The van der Waals surface area contributed by atoms with Crippen molar-refractivity contribution in [2.75, 3.05) is 5.75 Å². The van der Waals surface area contributed by atoms with Gasteiger partial charge in [0.1, 0.15) is 0 Å². The summed E-state index contributed by atoms with van der Waals surface area (Å²) in [6, 6.07) is 0.690. The first-order valence-corrected chi connectivity index (χ1v) is 7.65. The second-order valence-electron chi connectivity index (χ2n) is 4.35. The van der Waals surface area contributed by atoms with Gasteiger partial charge in [0.05, 0.1) is 17.7 Å². The van der Waals surface area contributed by atoms with Gasteiger partial charge in [-0.05, 0) is 18.8 Å². The van der Waals surface area contributed by atoms with Crippen molar-refractivity contribution >= 4 is 28.3 Å². The third kappa shape index (κ3) is 2.25. The van der Waals surface area contributed by atoms with Crippen molar-refractivity contribution in [2.24, 2.45) is 10.9 Å². The van der Waals surface area contributed by atoms with Crippen LogP contribution in [0.3, 0.4) is 0 Å². The Balaban J connectivity index is 1.61. The van der Waals surface area contributed by atoms with Crippen LogP contribution in [0, 0.1) is 5.92 Å². The number of thiazole rings is 1. The SMILES string of the molecule is c1nc(CN=C2NC3CCCC3CS2)cs1. The largest absolute Gasteiger partial charge is 0.362 e. The number of aliphatic imine (C=N–C) groups is 1. The first kappa shape index (κ1) is 10.6. The van der Waals surface area contributed by atoms with Crippen molar-refractivity contribution < 1.29 is 0 Å². The van der Waals surface area contributed by atoms with E-state index in [1.54, 1.807) is 11.3 Å². The van der Waals surface area contributed by atoms with Crippen molar-refractivity contribution in [3.8, 4) is 0 Å². The molecular weight excluding hydrogens is 238 g/mol. The molecule has 2 aliphatic rings. The van der Waals surface area contributed by atoms with Crippen LogP contribution in [-0.2, 0) is 6.54 Å². The molecule has 16 heavy (non-hydrogen) atoms. The highest BCUT2D eigenvalue weighted by atomic mass is 32.2. The predicted octanol–water partition coefficient (Wildman–Crippen LogP) is 2.50. The molecule has 0 spiro atoms. The summed E-state index contributed by atoms with van der Waals surface area (Å²) in [7, 11) is 0. The average Bonchev–Trinajstić information content (AvgIpc) is 2.97. The maximum Gasteiger partial charge on any atom is 0.157 e. The van der Waals surface area contributed by atoms with Gasteiger partial charge in [-0.3, -0.25) is 4.99 Å². The summed E-state index contributed by atoms with van der Waals surface area (Å²) in [6.07, 6.45) is 4.09. The maximum atomic E-state index is 4.60. The summed E-state index contributed by atoms with van der Waals surface area (Å²) in [5, 5.41) is 6.75. The van der Waals surface area contributed by atoms with Gasteiger partial charge in [-0.1, -0.05) is 18.2 Å². The van der Waals surface area contributed by atoms with E-state index in [1.807, 2.05) is 17.3 Å². The normalized spacial score (nSPS) is 31.4. The molecule has 86 valence electrons. The molecule has 1 saturated carbocycles. The number of hydrogen-bond acceptors (Lipinski definition) is 4. The fraction of sp³-hybridized carbons (Fsp3) is 0.636. The summed E-state index contributed by atoms with van der Waals surface area (Å²) in [4.78, 5) is 8.84. The Morgan fingerprint density at radius 1 is 1.50 bits per heavy atom. The molecular formula is C11H15N3S2. The van der Waals surface area contributed by atoms with Crippen molar-refractivity contribution in [1.82, 2.24) is 10.3 Å². The Labute approximate surface area is 104 Å². The average molecular weight is 253 g/mol. The minimum Gasteiger partial charge on any atom is -0.362 e.